The van der Waals surface area contributed by atoms with Crippen molar-refractivity contribution in [1.82, 2.24) is 10.2 Å². The molecule has 1 aliphatic rings. The third kappa shape index (κ3) is 9.64. The predicted octanol–water partition coefficient (Wildman–Crippen LogP) is 2.32. The molecule has 0 unspecified atom stereocenters. The summed E-state index contributed by atoms with van der Waals surface area (Å²) in [6.07, 6.45) is 4.45. The van der Waals surface area contributed by atoms with E-state index < -0.39 is 0 Å². The van der Waals surface area contributed by atoms with Gasteiger partial charge in [0.1, 0.15) is 5.78 Å². The Morgan fingerprint density at radius 1 is 1.00 bits per heavy atom. The van der Waals surface area contributed by atoms with Gasteiger partial charge in [0.15, 0.2) is 0 Å². The molecule has 7 nitrogen and oxygen atoms in total. The minimum atomic E-state index is 0.000204. The van der Waals surface area contributed by atoms with Crippen LogP contribution in [0.2, 0.25) is 0 Å². The highest BCUT2D eigenvalue weighted by molar-refractivity contribution is 5.81. The molecule has 28 heavy (non-hydrogen) atoms. The molecule has 1 aliphatic carbocycles. The number of nitrogens with one attached hydrogen (secondary N) is 1. The topological polar surface area (TPSA) is 84.9 Å². The highest BCUT2D eigenvalue weighted by Crippen LogP contribution is 2.25. The summed E-state index contributed by atoms with van der Waals surface area (Å²) in [6, 6.07) is 0.347. The first-order valence-corrected chi connectivity index (χ1v) is 10.6. The first kappa shape index (κ1) is 24.6. The SMILES string of the molecule is CCC(=O)[C@H]1CC[C@@H](NC(=O)CCOCCOCCN(C(C)=O)C(C)C)CC1. The van der Waals surface area contributed by atoms with Gasteiger partial charge in [-0.1, -0.05) is 6.92 Å². The molecule has 0 aromatic carbocycles. The van der Waals surface area contributed by atoms with Crippen molar-refractivity contribution in [2.75, 3.05) is 33.0 Å². The Balaban J connectivity index is 2.01. The van der Waals surface area contributed by atoms with Crippen LogP contribution in [0.4, 0.5) is 0 Å². The average Bonchev–Trinajstić information content (AvgIpc) is 2.66. The second-order valence-electron chi connectivity index (χ2n) is 7.72. The second kappa shape index (κ2) is 13.7. The van der Waals surface area contributed by atoms with Crippen LogP contribution in [0.1, 0.15) is 66.2 Å². The summed E-state index contributed by atoms with van der Waals surface area (Å²) in [4.78, 5) is 36.9. The molecule has 2 amide bonds. The van der Waals surface area contributed by atoms with Crippen LogP contribution >= 0.6 is 0 Å². The number of carbonyl (C=O) groups is 3. The van der Waals surface area contributed by atoms with E-state index in [0.29, 0.717) is 51.6 Å². The molecule has 162 valence electrons. The van der Waals surface area contributed by atoms with E-state index >= 15 is 0 Å². The van der Waals surface area contributed by atoms with Gasteiger partial charge >= 0.3 is 0 Å². The summed E-state index contributed by atoms with van der Waals surface area (Å²) in [6.45, 7) is 9.72. The van der Waals surface area contributed by atoms with Crippen molar-refractivity contribution in [3.05, 3.63) is 0 Å². The van der Waals surface area contributed by atoms with Crippen LogP contribution in [-0.4, -0.2) is 67.6 Å². The van der Waals surface area contributed by atoms with E-state index in [4.69, 9.17) is 9.47 Å². The molecule has 1 saturated carbocycles. The third-order valence-corrected chi connectivity index (χ3v) is 5.25. The van der Waals surface area contributed by atoms with Crippen LogP contribution in [0.3, 0.4) is 0 Å². The fourth-order valence-electron chi connectivity index (χ4n) is 3.58. The second-order valence-corrected chi connectivity index (χ2v) is 7.72. The van der Waals surface area contributed by atoms with Crippen LogP contribution in [-0.2, 0) is 23.9 Å². The fraction of sp³-hybridized carbons (Fsp3) is 0.857. The van der Waals surface area contributed by atoms with Crippen molar-refractivity contribution in [2.45, 2.75) is 78.3 Å². The van der Waals surface area contributed by atoms with Gasteiger partial charge in [-0.25, -0.2) is 0 Å². The monoisotopic (exact) mass is 398 g/mol. The Bertz CT molecular complexity index is 487. The van der Waals surface area contributed by atoms with Gasteiger partial charge in [0, 0.05) is 44.3 Å². The number of ketones is 1. The van der Waals surface area contributed by atoms with Crippen molar-refractivity contribution < 1.29 is 23.9 Å². The predicted molar refractivity (Wildman–Crippen MR) is 108 cm³/mol. The van der Waals surface area contributed by atoms with Gasteiger partial charge in [-0.2, -0.15) is 0 Å². The van der Waals surface area contributed by atoms with Crippen LogP contribution in [0, 0.1) is 5.92 Å². The standard InChI is InChI=1S/C21H38N2O5/c1-5-20(25)18-6-8-19(9-7-18)22-21(26)10-12-27-14-15-28-13-11-23(16(2)3)17(4)24/h16,18-19H,5-15H2,1-4H3,(H,22,26)/t18-,19+. The van der Waals surface area contributed by atoms with Gasteiger partial charge < -0.3 is 19.7 Å². The first-order chi connectivity index (χ1) is 13.3. The molecule has 0 atom stereocenters. The zero-order valence-corrected chi connectivity index (χ0v) is 18.0. The van der Waals surface area contributed by atoms with E-state index in [2.05, 4.69) is 5.32 Å². The van der Waals surface area contributed by atoms with Crippen LogP contribution in [0.25, 0.3) is 0 Å². The van der Waals surface area contributed by atoms with Gasteiger partial charge in [0.2, 0.25) is 11.8 Å². The van der Waals surface area contributed by atoms with E-state index in [-0.39, 0.29) is 29.8 Å². The van der Waals surface area contributed by atoms with E-state index in [1.165, 1.54) is 0 Å². The van der Waals surface area contributed by atoms with Crippen molar-refractivity contribution in [3.63, 3.8) is 0 Å². The van der Waals surface area contributed by atoms with Crippen LogP contribution in [0.5, 0.6) is 0 Å². The van der Waals surface area contributed by atoms with Gasteiger partial charge in [-0.05, 0) is 39.5 Å². The number of Topliss-reactive ketones (excluding diaryl/α,β-unsaturated/α-hetero) is 1. The van der Waals surface area contributed by atoms with Crippen molar-refractivity contribution in [1.29, 1.82) is 0 Å². The highest BCUT2D eigenvalue weighted by atomic mass is 16.5. The fourth-order valence-corrected chi connectivity index (χ4v) is 3.58. The quantitative estimate of drug-likeness (QED) is 0.481. The van der Waals surface area contributed by atoms with Crippen LogP contribution in [0.15, 0.2) is 0 Å². The molecule has 0 radical (unpaired) electrons. The molecule has 1 fully saturated rings. The van der Waals surface area contributed by atoms with Gasteiger partial charge in [0.25, 0.3) is 0 Å². The minimum Gasteiger partial charge on any atom is -0.379 e. The number of hydrogen-bond donors (Lipinski definition) is 1. The summed E-state index contributed by atoms with van der Waals surface area (Å²) in [5.41, 5.74) is 0. The molecule has 0 aromatic heterocycles. The average molecular weight is 399 g/mol. The molecular weight excluding hydrogens is 360 g/mol. The lowest BCUT2D eigenvalue weighted by Crippen LogP contribution is -2.39. The van der Waals surface area contributed by atoms with E-state index in [0.717, 1.165) is 25.7 Å². The van der Waals surface area contributed by atoms with Crippen molar-refractivity contribution in [2.24, 2.45) is 5.92 Å². The highest BCUT2D eigenvalue weighted by Gasteiger charge is 2.25. The summed E-state index contributed by atoms with van der Waals surface area (Å²) in [5.74, 6) is 0.578. The molecule has 7 heteroatoms. The Morgan fingerprint density at radius 2 is 1.61 bits per heavy atom. The van der Waals surface area contributed by atoms with Gasteiger partial charge in [-0.15, -0.1) is 0 Å². The first-order valence-electron chi connectivity index (χ1n) is 10.6. The largest absolute Gasteiger partial charge is 0.379 e. The molecule has 1 rings (SSSR count). The number of nitrogens with zero attached hydrogens (tertiary/aromatic N) is 1. The summed E-state index contributed by atoms with van der Waals surface area (Å²) < 4.78 is 10.9. The normalized spacial score (nSPS) is 19.5. The Hall–Kier alpha value is -1.47. The molecule has 0 saturated heterocycles. The number of carbonyl (C=O) groups excluding carboxylic acids is 3. The summed E-state index contributed by atoms with van der Waals surface area (Å²) >= 11 is 0. The number of rotatable bonds is 13. The molecule has 0 heterocycles. The summed E-state index contributed by atoms with van der Waals surface area (Å²) in [5, 5.41) is 3.04. The molecular formula is C21H38N2O5. The summed E-state index contributed by atoms with van der Waals surface area (Å²) in [7, 11) is 0. The number of ether oxygens (including phenoxy) is 2. The third-order valence-electron chi connectivity index (χ3n) is 5.25. The lowest BCUT2D eigenvalue weighted by molar-refractivity contribution is -0.131. The smallest absolute Gasteiger partial charge is 0.222 e. The number of amides is 2. The van der Waals surface area contributed by atoms with E-state index in [1.54, 1.807) is 11.8 Å². The molecule has 0 bridgehead atoms. The molecule has 0 aromatic rings. The maximum Gasteiger partial charge on any atom is 0.222 e. The zero-order valence-electron chi connectivity index (χ0n) is 18.0. The lowest BCUT2D eigenvalue weighted by atomic mass is 9.83. The zero-order chi connectivity index (χ0) is 20.9. The maximum atomic E-state index is 12.0. The van der Waals surface area contributed by atoms with Gasteiger partial charge in [0.05, 0.1) is 26.4 Å². The number of hydrogen-bond acceptors (Lipinski definition) is 5. The molecule has 0 spiro atoms. The van der Waals surface area contributed by atoms with Crippen molar-refractivity contribution >= 4 is 17.6 Å². The minimum absolute atomic E-state index is 0.000204. The van der Waals surface area contributed by atoms with Gasteiger partial charge in [-0.3, -0.25) is 14.4 Å². The maximum absolute atomic E-state index is 12.0. The Kier molecular flexibility index (Phi) is 12.0. The molecule has 0 aliphatic heterocycles. The lowest BCUT2D eigenvalue weighted by Gasteiger charge is -2.28. The van der Waals surface area contributed by atoms with Crippen molar-refractivity contribution in [3.8, 4) is 0 Å². The van der Waals surface area contributed by atoms with E-state index in [1.807, 2.05) is 20.8 Å². The van der Waals surface area contributed by atoms with Crippen LogP contribution < -0.4 is 5.32 Å². The molecule has 1 N–H and O–H groups in total. The van der Waals surface area contributed by atoms with E-state index in [9.17, 15) is 14.4 Å². The Labute approximate surface area is 169 Å². The Morgan fingerprint density at radius 3 is 2.14 bits per heavy atom.